The maximum Gasteiger partial charge on any atom is 0.305 e. The number of fused-ring (bicyclic) bond motifs is 9. The SMILES string of the molecule is CC(C)(C)c1ccc(C2c3sc(=O)[nH]c3SC3C4CC(C5C(=O)N(CCC(=O)N6CCOCC6)C(=O)C45)C23)cc1. The highest BCUT2D eigenvalue weighted by Crippen LogP contribution is 2.68. The fourth-order valence-electron chi connectivity index (χ4n) is 8.04. The normalized spacial score (nSPS) is 32.8. The average molecular weight is 582 g/mol. The Kier molecular flexibility index (Phi) is 6.33. The molecule has 10 heteroatoms. The van der Waals surface area contributed by atoms with Gasteiger partial charge in [-0.05, 0) is 40.7 Å². The number of nitrogens with one attached hydrogen (secondary N) is 1. The number of ether oxygens (including phenoxy) is 1. The molecule has 1 N–H and O–H groups in total. The molecule has 3 amide bonds. The summed E-state index contributed by atoms with van der Waals surface area (Å²) in [4.78, 5) is 60.0. The first-order valence-electron chi connectivity index (χ1n) is 14.3. The summed E-state index contributed by atoms with van der Waals surface area (Å²) in [6.45, 7) is 8.92. The first kappa shape index (κ1) is 26.5. The maximum atomic E-state index is 13.8. The van der Waals surface area contributed by atoms with Crippen LogP contribution in [0.25, 0.3) is 0 Å². The van der Waals surface area contributed by atoms with E-state index in [1.807, 2.05) is 0 Å². The van der Waals surface area contributed by atoms with Crippen molar-refractivity contribution in [3.63, 3.8) is 0 Å². The Bertz CT molecular complexity index is 1420. The standard InChI is InChI=1S/C30H35N3O5S2/c1-30(2,3)16-6-4-15(5-7-16)20-21-17-14-18(24(21)39-26-25(20)40-29(37)31-26)23-22(17)27(35)33(28(23)36)9-8-19(34)32-10-12-38-13-11-32/h4-7,17-18,20-24H,8-14H2,1-3H3,(H,31,37). The van der Waals surface area contributed by atoms with E-state index in [-0.39, 0.29) is 81.7 Å². The van der Waals surface area contributed by atoms with E-state index in [2.05, 4.69) is 50.0 Å². The lowest BCUT2D eigenvalue weighted by molar-refractivity contribution is -0.142. The van der Waals surface area contributed by atoms with Gasteiger partial charge in [0.1, 0.15) is 0 Å². The van der Waals surface area contributed by atoms with Crippen LogP contribution in [0.2, 0.25) is 0 Å². The minimum absolute atomic E-state index is 0.0232. The molecule has 7 unspecified atom stereocenters. The van der Waals surface area contributed by atoms with Crippen LogP contribution >= 0.6 is 23.1 Å². The van der Waals surface area contributed by atoms with Gasteiger partial charge in [0.2, 0.25) is 17.7 Å². The number of thiazole rings is 1. The summed E-state index contributed by atoms with van der Waals surface area (Å²) in [7, 11) is 0. The van der Waals surface area contributed by atoms with Crippen molar-refractivity contribution < 1.29 is 19.1 Å². The summed E-state index contributed by atoms with van der Waals surface area (Å²) in [5.41, 5.74) is 2.47. The number of rotatable bonds is 4. The summed E-state index contributed by atoms with van der Waals surface area (Å²) >= 11 is 2.99. The van der Waals surface area contributed by atoms with E-state index in [1.165, 1.54) is 27.4 Å². The van der Waals surface area contributed by atoms with Crippen molar-refractivity contribution in [2.45, 2.75) is 55.2 Å². The van der Waals surface area contributed by atoms with Gasteiger partial charge >= 0.3 is 4.87 Å². The van der Waals surface area contributed by atoms with Crippen LogP contribution in [0, 0.1) is 29.6 Å². The largest absolute Gasteiger partial charge is 0.378 e. The molecular formula is C30H35N3O5S2. The molecule has 5 aliphatic rings. The van der Waals surface area contributed by atoms with Gasteiger partial charge in [0.15, 0.2) is 0 Å². The van der Waals surface area contributed by atoms with Gasteiger partial charge in [-0.3, -0.25) is 24.1 Å². The molecule has 2 aromatic rings. The third-order valence-corrected chi connectivity index (χ3v) is 12.5. The summed E-state index contributed by atoms with van der Waals surface area (Å²) in [5.74, 6) is -0.497. The number of H-pyrrole nitrogens is 1. The molecule has 7 rings (SSSR count). The minimum Gasteiger partial charge on any atom is -0.378 e. The number of aromatic nitrogens is 1. The van der Waals surface area contributed by atoms with Crippen LogP contribution in [0.15, 0.2) is 34.1 Å². The van der Waals surface area contributed by atoms with Crippen molar-refractivity contribution >= 4 is 40.8 Å². The molecule has 4 fully saturated rings. The number of aromatic amines is 1. The molecule has 1 aromatic heterocycles. The van der Waals surface area contributed by atoms with Crippen LogP contribution in [-0.4, -0.2) is 70.6 Å². The Labute approximate surface area is 241 Å². The number of hydrogen-bond donors (Lipinski definition) is 1. The molecule has 2 aliphatic carbocycles. The minimum atomic E-state index is -0.327. The fraction of sp³-hybridized carbons (Fsp3) is 0.600. The predicted molar refractivity (Wildman–Crippen MR) is 152 cm³/mol. The second kappa shape index (κ2) is 9.56. The highest BCUT2D eigenvalue weighted by atomic mass is 32.2. The highest BCUT2D eigenvalue weighted by molar-refractivity contribution is 8.00. The van der Waals surface area contributed by atoms with E-state index >= 15 is 0 Å². The number of morpholine rings is 1. The van der Waals surface area contributed by atoms with Crippen molar-refractivity contribution in [3.05, 3.63) is 49.9 Å². The Balaban J connectivity index is 1.17. The van der Waals surface area contributed by atoms with E-state index < -0.39 is 0 Å². The van der Waals surface area contributed by atoms with E-state index in [1.54, 1.807) is 16.7 Å². The smallest absolute Gasteiger partial charge is 0.305 e. The number of nitrogens with zero attached hydrogens (tertiary/aromatic N) is 2. The lowest BCUT2D eigenvalue weighted by Gasteiger charge is -2.43. The third kappa shape index (κ3) is 4.04. The van der Waals surface area contributed by atoms with Crippen molar-refractivity contribution in [2.75, 3.05) is 32.8 Å². The van der Waals surface area contributed by atoms with Crippen LogP contribution in [0.4, 0.5) is 0 Å². The highest BCUT2D eigenvalue weighted by Gasteiger charge is 2.69. The van der Waals surface area contributed by atoms with Crippen LogP contribution in [0.5, 0.6) is 0 Å². The van der Waals surface area contributed by atoms with Crippen molar-refractivity contribution in [2.24, 2.45) is 29.6 Å². The fourth-order valence-corrected chi connectivity index (χ4v) is 10.9. The molecule has 212 valence electrons. The van der Waals surface area contributed by atoms with Gasteiger partial charge in [-0.25, -0.2) is 0 Å². The van der Waals surface area contributed by atoms with Crippen molar-refractivity contribution in [1.29, 1.82) is 0 Å². The number of amides is 3. The lowest BCUT2D eigenvalue weighted by Crippen LogP contribution is -2.43. The molecule has 2 saturated heterocycles. The van der Waals surface area contributed by atoms with Gasteiger partial charge in [0.05, 0.1) is 30.1 Å². The van der Waals surface area contributed by atoms with Crippen molar-refractivity contribution in [3.8, 4) is 0 Å². The zero-order chi connectivity index (χ0) is 27.9. The molecule has 8 nitrogen and oxygen atoms in total. The van der Waals surface area contributed by atoms with Crippen LogP contribution in [0.1, 0.15) is 55.5 Å². The first-order valence-corrected chi connectivity index (χ1v) is 16.0. The van der Waals surface area contributed by atoms with Gasteiger partial charge in [0, 0.05) is 42.1 Å². The molecule has 3 aliphatic heterocycles. The number of benzene rings is 1. The monoisotopic (exact) mass is 581 g/mol. The molecule has 2 saturated carbocycles. The Hall–Kier alpha value is -2.43. The molecule has 0 radical (unpaired) electrons. The van der Waals surface area contributed by atoms with E-state index in [4.69, 9.17) is 4.74 Å². The van der Waals surface area contributed by atoms with Crippen LogP contribution < -0.4 is 4.87 Å². The third-order valence-electron chi connectivity index (χ3n) is 9.86. The zero-order valence-corrected chi connectivity index (χ0v) is 24.7. The Morgan fingerprint density at radius 1 is 1.02 bits per heavy atom. The summed E-state index contributed by atoms with van der Waals surface area (Å²) < 4.78 is 5.34. The van der Waals surface area contributed by atoms with Crippen LogP contribution in [-0.2, 0) is 24.5 Å². The lowest BCUT2D eigenvalue weighted by atomic mass is 9.68. The predicted octanol–water partition coefficient (Wildman–Crippen LogP) is 3.46. The number of imide groups is 1. The molecule has 4 heterocycles. The Morgan fingerprint density at radius 3 is 2.38 bits per heavy atom. The Morgan fingerprint density at radius 2 is 1.70 bits per heavy atom. The van der Waals surface area contributed by atoms with Crippen molar-refractivity contribution in [1.82, 2.24) is 14.8 Å². The quantitative estimate of drug-likeness (QED) is 0.556. The van der Waals surface area contributed by atoms with Gasteiger partial charge in [-0.1, -0.05) is 56.4 Å². The van der Waals surface area contributed by atoms with Gasteiger partial charge < -0.3 is 14.6 Å². The molecule has 1 aromatic carbocycles. The second-order valence-electron chi connectivity index (χ2n) is 12.9. The van der Waals surface area contributed by atoms with Crippen LogP contribution in [0.3, 0.4) is 0 Å². The number of likely N-dealkylation sites (tertiary alicyclic amines) is 1. The topological polar surface area (TPSA) is 99.8 Å². The van der Waals surface area contributed by atoms with Gasteiger partial charge in [0.25, 0.3) is 0 Å². The van der Waals surface area contributed by atoms with E-state index in [9.17, 15) is 19.2 Å². The van der Waals surface area contributed by atoms with Gasteiger partial charge in [-0.15, -0.1) is 11.8 Å². The molecule has 0 spiro atoms. The number of carbonyl (C=O) groups excluding carboxylic acids is 3. The van der Waals surface area contributed by atoms with E-state index in [0.29, 0.717) is 26.3 Å². The second-order valence-corrected chi connectivity index (χ2v) is 15.1. The molecular weight excluding hydrogens is 546 g/mol. The summed E-state index contributed by atoms with van der Waals surface area (Å²) in [5, 5.41) is 1.10. The summed E-state index contributed by atoms with van der Waals surface area (Å²) in [6.07, 6.45) is 1.03. The number of hydrogen-bond acceptors (Lipinski definition) is 7. The summed E-state index contributed by atoms with van der Waals surface area (Å²) in [6, 6.07) is 8.77. The molecule has 7 atom stereocenters. The average Bonchev–Trinajstić information content (AvgIpc) is 3.66. The molecule has 40 heavy (non-hydrogen) atoms. The number of carbonyl (C=O) groups is 3. The number of thioether (sulfide) groups is 1. The molecule has 2 bridgehead atoms. The van der Waals surface area contributed by atoms with E-state index in [0.717, 1.165) is 16.3 Å². The first-order chi connectivity index (χ1) is 19.1. The van der Waals surface area contributed by atoms with Gasteiger partial charge in [-0.2, -0.15) is 0 Å². The zero-order valence-electron chi connectivity index (χ0n) is 23.1. The maximum absolute atomic E-state index is 13.8.